The molecule has 0 N–H and O–H groups in total. The minimum absolute atomic E-state index is 0.0189. The van der Waals surface area contributed by atoms with Crippen molar-refractivity contribution in [3.05, 3.63) is 94.1 Å². The molecule has 0 aromatic heterocycles. The Kier molecular flexibility index (Phi) is 7.28. The van der Waals surface area contributed by atoms with Crippen LogP contribution in [0.3, 0.4) is 0 Å². The van der Waals surface area contributed by atoms with Crippen LogP contribution in [-0.2, 0) is 14.3 Å². The topological polar surface area (TPSA) is 38.8 Å². The van der Waals surface area contributed by atoms with Crippen LogP contribution >= 0.6 is 0 Å². The van der Waals surface area contributed by atoms with Crippen LogP contribution in [0.25, 0.3) is 0 Å². The number of methoxy groups -OCH3 is 2. The summed E-state index contributed by atoms with van der Waals surface area (Å²) < 4.78 is 11.2. The monoisotopic (exact) mass is 445 g/mol. The first kappa shape index (κ1) is 23.6. The van der Waals surface area contributed by atoms with Crippen molar-refractivity contribution in [1.82, 2.24) is 4.90 Å². The molecule has 2 aromatic carbocycles. The Hall–Kier alpha value is -2.53. The molecule has 0 unspecified atom stereocenters. The zero-order valence-corrected chi connectivity index (χ0v) is 20.3. The van der Waals surface area contributed by atoms with Crippen LogP contribution in [0, 0.1) is 5.41 Å². The molecule has 4 rings (SSSR count). The van der Waals surface area contributed by atoms with Gasteiger partial charge in [-0.2, -0.15) is 0 Å². The number of benzene rings is 2. The zero-order valence-electron chi connectivity index (χ0n) is 20.3. The van der Waals surface area contributed by atoms with Gasteiger partial charge in [-0.15, -0.1) is 0 Å². The molecule has 4 heteroatoms. The maximum absolute atomic E-state index is 13.5. The number of hydrogen-bond acceptors (Lipinski definition) is 4. The first-order chi connectivity index (χ1) is 16.0. The van der Waals surface area contributed by atoms with E-state index in [4.69, 9.17) is 9.47 Å². The smallest absolute Gasteiger partial charge is 0.172 e. The Bertz CT molecular complexity index is 994. The number of ketones is 1. The summed E-state index contributed by atoms with van der Waals surface area (Å²) in [5.41, 5.74) is 7.06. The van der Waals surface area contributed by atoms with Crippen LogP contribution in [0.5, 0.6) is 0 Å². The van der Waals surface area contributed by atoms with E-state index in [1.807, 2.05) is 19.1 Å². The number of carbonyl (C=O) groups excluding carboxylic acids is 1. The van der Waals surface area contributed by atoms with E-state index in [0.717, 1.165) is 25.0 Å². The molecule has 1 aliphatic carbocycles. The second kappa shape index (κ2) is 10.2. The molecule has 0 atom stereocenters. The summed E-state index contributed by atoms with van der Waals surface area (Å²) in [6.45, 7) is 6.64. The van der Waals surface area contributed by atoms with Crippen molar-refractivity contribution in [2.75, 3.05) is 40.5 Å². The van der Waals surface area contributed by atoms with Crippen LogP contribution in [0.15, 0.2) is 83.0 Å². The highest BCUT2D eigenvalue weighted by Crippen LogP contribution is 2.49. The van der Waals surface area contributed by atoms with Gasteiger partial charge in [0.2, 0.25) is 0 Å². The Balaban J connectivity index is 1.77. The quantitative estimate of drug-likeness (QED) is 0.575. The lowest BCUT2D eigenvalue weighted by Crippen LogP contribution is -2.37. The molecule has 2 aliphatic rings. The van der Waals surface area contributed by atoms with Gasteiger partial charge in [-0.3, -0.25) is 9.69 Å². The van der Waals surface area contributed by atoms with Crippen molar-refractivity contribution in [2.45, 2.75) is 32.7 Å². The second-order valence-corrected chi connectivity index (χ2v) is 9.63. The van der Waals surface area contributed by atoms with Gasteiger partial charge in [0.15, 0.2) is 5.78 Å². The minimum Gasteiger partial charge on any atom is -0.384 e. The van der Waals surface area contributed by atoms with Crippen molar-refractivity contribution in [1.29, 1.82) is 0 Å². The van der Waals surface area contributed by atoms with E-state index in [-0.39, 0.29) is 17.2 Å². The SMILES string of the molecule is COCC1(COC)CC2=C(C)CN(C(c3ccccc3)c3ccccc3)CC(=O)C(C)=C2C1. The maximum Gasteiger partial charge on any atom is 0.172 e. The molecule has 2 aromatic rings. The van der Waals surface area contributed by atoms with E-state index in [1.54, 1.807) is 14.2 Å². The minimum atomic E-state index is -0.107. The first-order valence-corrected chi connectivity index (χ1v) is 11.7. The van der Waals surface area contributed by atoms with Crippen molar-refractivity contribution in [3.8, 4) is 0 Å². The summed E-state index contributed by atoms with van der Waals surface area (Å²) in [5, 5.41) is 0. The standard InChI is InChI=1S/C29H35NO3/c1-21-17-30(28(23-11-7-5-8-12-23)24-13-9-6-10-14-24)18-27(31)22(2)26-16-29(19-32-3,20-33-4)15-25(21)26/h5-14,28H,15-20H2,1-4H3. The van der Waals surface area contributed by atoms with Crippen molar-refractivity contribution in [2.24, 2.45) is 5.41 Å². The molecular formula is C29H35NO3. The highest BCUT2D eigenvalue weighted by molar-refractivity contribution is 5.98. The fraction of sp³-hybridized carbons (Fsp3) is 0.414. The Morgan fingerprint density at radius 2 is 1.33 bits per heavy atom. The number of fused-ring (bicyclic) bond motifs is 1. The number of Topliss-reactive ketones (excluding diaryl/α,β-unsaturated/α-hetero) is 1. The number of rotatable bonds is 7. The van der Waals surface area contributed by atoms with E-state index in [0.29, 0.717) is 19.8 Å². The summed E-state index contributed by atoms with van der Waals surface area (Å²) >= 11 is 0. The average molecular weight is 446 g/mol. The number of nitrogens with zero attached hydrogens (tertiary/aromatic N) is 1. The van der Waals surface area contributed by atoms with Crippen molar-refractivity contribution in [3.63, 3.8) is 0 Å². The lowest BCUT2D eigenvalue weighted by atomic mass is 9.87. The van der Waals surface area contributed by atoms with Crippen molar-refractivity contribution < 1.29 is 14.3 Å². The average Bonchev–Trinajstić information content (AvgIpc) is 3.19. The number of hydrogen-bond donors (Lipinski definition) is 0. The number of carbonyl (C=O) groups is 1. The van der Waals surface area contributed by atoms with E-state index < -0.39 is 0 Å². The maximum atomic E-state index is 13.5. The Morgan fingerprint density at radius 1 is 0.818 bits per heavy atom. The fourth-order valence-electron chi connectivity index (χ4n) is 5.65. The van der Waals surface area contributed by atoms with Crippen molar-refractivity contribution >= 4 is 5.78 Å². The van der Waals surface area contributed by atoms with Crippen LogP contribution in [0.2, 0.25) is 0 Å². The van der Waals surface area contributed by atoms with E-state index >= 15 is 0 Å². The molecule has 1 aliphatic heterocycles. The molecule has 4 nitrogen and oxygen atoms in total. The zero-order chi connectivity index (χ0) is 23.4. The lowest BCUT2D eigenvalue weighted by Gasteiger charge is -2.34. The third kappa shape index (κ3) is 4.89. The summed E-state index contributed by atoms with van der Waals surface area (Å²) in [4.78, 5) is 15.9. The highest BCUT2D eigenvalue weighted by Gasteiger charge is 2.42. The van der Waals surface area contributed by atoms with Gasteiger partial charge < -0.3 is 9.47 Å². The summed E-state index contributed by atoms with van der Waals surface area (Å²) in [6, 6.07) is 21.1. The predicted molar refractivity (Wildman–Crippen MR) is 132 cm³/mol. The fourth-order valence-corrected chi connectivity index (χ4v) is 5.65. The molecule has 0 bridgehead atoms. The van der Waals surface area contributed by atoms with Gasteiger partial charge >= 0.3 is 0 Å². The molecule has 1 heterocycles. The lowest BCUT2D eigenvalue weighted by molar-refractivity contribution is -0.117. The third-order valence-corrected chi connectivity index (χ3v) is 7.14. The molecule has 1 saturated carbocycles. The van der Waals surface area contributed by atoms with Gasteiger partial charge in [-0.25, -0.2) is 0 Å². The molecule has 174 valence electrons. The van der Waals surface area contributed by atoms with Gasteiger partial charge in [0.05, 0.1) is 25.8 Å². The van der Waals surface area contributed by atoms with E-state index in [9.17, 15) is 4.79 Å². The molecule has 33 heavy (non-hydrogen) atoms. The van der Waals surface area contributed by atoms with Crippen LogP contribution in [0.4, 0.5) is 0 Å². The molecular weight excluding hydrogens is 410 g/mol. The second-order valence-electron chi connectivity index (χ2n) is 9.63. The van der Waals surface area contributed by atoms with Gasteiger partial charge in [0, 0.05) is 26.2 Å². The van der Waals surface area contributed by atoms with Crippen LogP contribution < -0.4 is 0 Å². The number of ether oxygens (including phenoxy) is 2. The van der Waals surface area contributed by atoms with Crippen LogP contribution in [-0.4, -0.2) is 51.2 Å². The van der Waals surface area contributed by atoms with Gasteiger partial charge in [0.1, 0.15) is 0 Å². The number of allylic oxidation sites excluding steroid dienone is 2. The van der Waals surface area contributed by atoms with Gasteiger partial charge in [0.25, 0.3) is 0 Å². The normalized spacial score (nSPS) is 19.1. The Labute approximate surface area is 197 Å². The molecule has 0 radical (unpaired) electrons. The molecule has 1 fully saturated rings. The molecule has 0 spiro atoms. The van der Waals surface area contributed by atoms with Gasteiger partial charge in [-0.05, 0) is 54.5 Å². The van der Waals surface area contributed by atoms with E-state index in [2.05, 4.69) is 60.4 Å². The van der Waals surface area contributed by atoms with Crippen LogP contribution in [0.1, 0.15) is 43.9 Å². The summed E-state index contributed by atoms with van der Waals surface area (Å²) in [5.74, 6) is 0.206. The van der Waals surface area contributed by atoms with Gasteiger partial charge in [-0.1, -0.05) is 66.2 Å². The van der Waals surface area contributed by atoms with E-state index in [1.165, 1.54) is 27.8 Å². The Morgan fingerprint density at radius 3 is 1.85 bits per heavy atom. The highest BCUT2D eigenvalue weighted by atomic mass is 16.5. The molecule has 0 saturated heterocycles. The molecule has 0 amide bonds. The summed E-state index contributed by atoms with van der Waals surface area (Å²) in [7, 11) is 3.50. The largest absolute Gasteiger partial charge is 0.384 e. The first-order valence-electron chi connectivity index (χ1n) is 11.7. The summed E-state index contributed by atoms with van der Waals surface area (Å²) in [6.07, 6.45) is 1.72. The third-order valence-electron chi connectivity index (χ3n) is 7.14. The predicted octanol–water partition coefficient (Wildman–Crippen LogP) is 5.37.